The van der Waals surface area contributed by atoms with Crippen molar-refractivity contribution in [1.82, 2.24) is 9.80 Å². The molecule has 0 saturated carbocycles. The van der Waals surface area contributed by atoms with Crippen molar-refractivity contribution in [2.24, 2.45) is 0 Å². The number of amides is 2. The molecule has 170 valence electrons. The van der Waals surface area contributed by atoms with Crippen LogP contribution >= 0.6 is 0 Å². The normalized spacial score (nSPS) is 13.5. The molecule has 2 amide bonds. The number of carbonyl (C=O) groups is 2. The molecule has 0 unspecified atom stereocenters. The molecule has 0 bridgehead atoms. The van der Waals surface area contributed by atoms with Crippen molar-refractivity contribution in [3.05, 3.63) is 58.1 Å². The molecule has 0 atom stereocenters. The molecule has 1 fully saturated rings. The lowest BCUT2D eigenvalue weighted by molar-refractivity contribution is -0.385. The van der Waals surface area contributed by atoms with Crippen LogP contribution in [-0.2, 0) is 9.59 Å². The molecule has 10 nitrogen and oxygen atoms in total. The first-order valence-corrected chi connectivity index (χ1v) is 10.2. The van der Waals surface area contributed by atoms with Gasteiger partial charge in [-0.25, -0.2) is 0 Å². The molecule has 0 spiro atoms. The fourth-order valence-corrected chi connectivity index (χ4v) is 3.32. The van der Waals surface area contributed by atoms with Gasteiger partial charge in [-0.15, -0.1) is 0 Å². The summed E-state index contributed by atoms with van der Waals surface area (Å²) >= 11 is 0. The summed E-state index contributed by atoms with van der Waals surface area (Å²) in [6.07, 6.45) is 0.175. The Morgan fingerprint density at radius 2 is 1.56 bits per heavy atom. The van der Waals surface area contributed by atoms with Crippen LogP contribution in [0.25, 0.3) is 0 Å². The molecule has 32 heavy (non-hydrogen) atoms. The minimum atomic E-state index is -0.452. The fourth-order valence-electron chi connectivity index (χ4n) is 3.32. The number of ether oxygens (including phenoxy) is 2. The topological polar surface area (TPSA) is 122 Å². The van der Waals surface area contributed by atoms with Gasteiger partial charge < -0.3 is 24.4 Å². The fraction of sp³-hybridized carbons (Fsp3) is 0.364. The third-order valence-electron chi connectivity index (χ3n) is 5.13. The third-order valence-corrected chi connectivity index (χ3v) is 5.13. The van der Waals surface area contributed by atoms with Gasteiger partial charge in [-0.1, -0.05) is 0 Å². The average Bonchev–Trinajstić information content (AvgIpc) is 2.78. The van der Waals surface area contributed by atoms with Crippen molar-refractivity contribution in [2.45, 2.75) is 13.3 Å². The molecular weight excluding hydrogens is 418 g/mol. The van der Waals surface area contributed by atoms with Gasteiger partial charge in [0.2, 0.25) is 5.91 Å². The Hall–Kier alpha value is -3.82. The number of piperazine rings is 1. The van der Waals surface area contributed by atoms with Crippen LogP contribution < -0.4 is 9.47 Å². The van der Waals surface area contributed by atoms with Crippen LogP contribution in [-0.4, -0.2) is 71.0 Å². The lowest BCUT2D eigenvalue weighted by Crippen LogP contribution is -2.51. The summed E-state index contributed by atoms with van der Waals surface area (Å²) in [6.45, 7) is 3.39. The second kappa shape index (κ2) is 10.5. The van der Waals surface area contributed by atoms with Crippen LogP contribution in [0.2, 0.25) is 0 Å². The van der Waals surface area contributed by atoms with Crippen molar-refractivity contribution in [1.29, 1.82) is 0 Å². The number of hydrogen-bond acceptors (Lipinski definition) is 7. The number of phenols is 1. The minimum absolute atomic E-state index is 0.0225. The van der Waals surface area contributed by atoms with Crippen molar-refractivity contribution in [3.8, 4) is 17.2 Å². The van der Waals surface area contributed by atoms with E-state index < -0.39 is 4.92 Å². The van der Waals surface area contributed by atoms with Gasteiger partial charge in [-0.05, 0) is 43.3 Å². The quantitative estimate of drug-likeness (QED) is 0.490. The summed E-state index contributed by atoms with van der Waals surface area (Å²) < 4.78 is 11.0. The van der Waals surface area contributed by atoms with Gasteiger partial charge in [0.15, 0.2) is 6.61 Å². The standard InChI is InChI=1S/C22H25N3O7/c1-16-14-19(6-7-20(16)25(29)30)31-13-8-21(27)23-9-11-24(12-10-23)22(28)15-32-18-4-2-17(26)3-5-18/h2-7,14,26H,8-13,15H2,1H3. The van der Waals surface area contributed by atoms with Crippen LogP contribution in [0, 0.1) is 17.0 Å². The molecule has 3 rings (SSSR count). The zero-order valence-electron chi connectivity index (χ0n) is 17.7. The van der Waals surface area contributed by atoms with Crippen LogP contribution in [0.4, 0.5) is 5.69 Å². The van der Waals surface area contributed by atoms with E-state index in [4.69, 9.17) is 9.47 Å². The zero-order valence-corrected chi connectivity index (χ0v) is 17.7. The highest BCUT2D eigenvalue weighted by Crippen LogP contribution is 2.23. The van der Waals surface area contributed by atoms with Crippen molar-refractivity contribution in [3.63, 3.8) is 0 Å². The number of nitro benzene ring substituents is 1. The summed E-state index contributed by atoms with van der Waals surface area (Å²) in [5.41, 5.74) is 0.517. The number of phenolic OH excluding ortho intramolecular Hbond substituents is 1. The monoisotopic (exact) mass is 443 g/mol. The molecule has 2 aromatic carbocycles. The molecule has 1 aliphatic rings. The van der Waals surface area contributed by atoms with Gasteiger partial charge in [0, 0.05) is 37.8 Å². The Labute approximate surface area is 185 Å². The van der Waals surface area contributed by atoms with Gasteiger partial charge >= 0.3 is 0 Å². The predicted molar refractivity (Wildman–Crippen MR) is 115 cm³/mol. The van der Waals surface area contributed by atoms with Crippen LogP contribution in [0.5, 0.6) is 17.2 Å². The van der Waals surface area contributed by atoms with Gasteiger partial charge in [0.1, 0.15) is 17.2 Å². The largest absolute Gasteiger partial charge is 0.508 e. The smallest absolute Gasteiger partial charge is 0.272 e. The number of benzene rings is 2. The highest BCUT2D eigenvalue weighted by atomic mass is 16.6. The second-order valence-corrected chi connectivity index (χ2v) is 7.35. The number of aromatic hydroxyl groups is 1. The lowest BCUT2D eigenvalue weighted by atomic mass is 10.2. The third kappa shape index (κ3) is 6.10. The highest BCUT2D eigenvalue weighted by Gasteiger charge is 2.24. The van der Waals surface area contributed by atoms with E-state index in [1.54, 1.807) is 34.9 Å². The SMILES string of the molecule is Cc1cc(OCCC(=O)N2CCN(C(=O)COc3ccc(O)cc3)CC2)ccc1[N+](=O)[O-]. The zero-order chi connectivity index (χ0) is 23.1. The maximum Gasteiger partial charge on any atom is 0.272 e. The first-order chi connectivity index (χ1) is 15.3. The second-order valence-electron chi connectivity index (χ2n) is 7.35. The van der Waals surface area contributed by atoms with E-state index in [9.17, 15) is 24.8 Å². The predicted octanol–water partition coefficient (Wildman–Crippen LogP) is 2.13. The molecule has 1 heterocycles. The molecule has 10 heteroatoms. The summed E-state index contributed by atoms with van der Waals surface area (Å²) in [5, 5.41) is 20.1. The Balaban J connectivity index is 1.37. The number of rotatable bonds is 8. The van der Waals surface area contributed by atoms with E-state index in [0.717, 1.165) is 0 Å². The number of aryl methyl sites for hydroxylation is 1. The number of nitro groups is 1. The summed E-state index contributed by atoms with van der Waals surface area (Å²) in [7, 11) is 0. The maximum absolute atomic E-state index is 12.4. The molecule has 1 N–H and O–H groups in total. The van der Waals surface area contributed by atoms with E-state index in [1.807, 2.05) is 0 Å². The van der Waals surface area contributed by atoms with Gasteiger partial charge in [0.25, 0.3) is 11.6 Å². The average molecular weight is 443 g/mol. The number of nitrogens with zero attached hydrogens (tertiary/aromatic N) is 3. The summed E-state index contributed by atoms with van der Waals surface area (Å²) in [4.78, 5) is 38.5. The van der Waals surface area contributed by atoms with Crippen molar-refractivity contribution in [2.75, 3.05) is 39.4 Å². The van der Waals surface area contributed by atoms with Gasteiger partial charge in [-0.2, -0.15) is 0 Å². The Kier molecular flexibility index (Phi) is 7.48. The highest BCUT2D eigenvalue weighted by molar-refractivity contribution is 5.79. The van der Waals surface area contributed by atoms with Crippen LogP contribution in [0.1, 0.15) is 12.0 Å². The molecule has 1 aliphatic heterocycles. The van der Waals surface area contributed by atoms with Crippen molar-refractivity contribution >= 4 is 17.5 Å². The van der Waals surface area contributed by atoms with Crippen molar-refractivity contribution < 1.29 is 29.1 Å². The molecule has 0 aliphatic carbocycles. The summed E-state index contributed by atoms with van der Waals surface area (Å²) in [5.74, 6) is 0.856. The van der Waals surface area contributed by atoms with E-state index in [-0.39, 0.29) is 42.9 Å². The Morgan fingerprint density at radius 1 is 0.969 bits per heavy atom. The van der Waals surface area contributed by atoms with E-state index >= 15 is 0 Å². The van der Waals surface area contributed by atoms with Crippen LogP contribution in [0.3, 0.4) is 0 Å². The molecule has 0 aromatic heterocycles. The molecule has 0 radical (unpaired) electrons. The molecule has 1 saturated heterocycles. The number of hydrogen-bond donors (Lipinski definition) is 1. The summed E-state index contributed by atoms with van der Waals surface area (Å²) in [6, 6.07) is 10.6. The van der Waals surface area contributed by atoms with Gasteiger partial charge in [0.05, 0.1) is 18.0 Å². The van der Waals surface area contributed by atoms with Gasteiger partial charge in [-0.3, -0.25) is 19.7 Å². The van der Waals surface area contributed by atoms with E-state index in [2.05, 4.69) is 0 Å². The Morgan fingerprint density at radius 3 is 2.16 bits per heavy atom. The maximum atomic E-state index is 12.4. The molecular formula is C22H25N3O7. The van der Waals surface area contributed by atoms with E-state index in [1.165, 1.54) is 24.3 Å². The minimum Gasteiger partial charge on any atom is -0.508 e. The van der Waals surface area contributed by atoms with Crippen LogP contribution in [0.15, 0.2) is 42.5 Å². The number of carbonyl (C=O) groups excluding carboxylic acids is 2. The lowest BCUT2D eigenvalue weighted by Gasteiger charge is -2.34. The Bertz CT molecular complexity index is 970. The first-order valence-electron chi connectivity index (χ1n) is 10.2. The first kappa shape index (κ1) is 22.9. The van der Waals surface area contributed by atoms with E-state index in [0.29, 0.717) is 43.2 Å². The molecule has 2 aromatic rings.